The zero-order chi connectivity index (χ0) is 15.3. The molecule has 3 N–H and O–H groups in total. The Morgan fingerprint density at radius 2 is 1.95 bits per heavy atom. The highest BCUT2D eigenvalue weighted by Crippen LogP contribution is 2.44. The second-order valence-electron chi connectivity index (χ2n) is 6.59. The molecule has 2 aliphatic rings. The van der Waals surface area contributed by atoms with Gasteiger partial charge in [-0.2, -0.15) is 0 Å². The maximum atomic E-state index is 11.8. The summed E-state index contributed by atoms with van der Waals surface area (Å²) in [7, 11) is 0. The lowest BCUT2D eigenvalue weighted by molar-refractivity contribution is 0.0756. The fourth-order valence-corrected chi connectivity index (χ4v) is 4.35. The fraction of sp³-hybridized carbons (Fsp3) is 0.471. The third-order valence-electron chi connectivity index (χ3n) is 5.14. The minimum absolute atomic E-state index is 0.130. The van der Waals surface area contributed by atoms with Gasteiger partial charge in [-0.1, -0.05) is 11.6 Å². The summed E-state index contributed by atoms with van der Waals surface area (Å²) < 4.78 is 6.27. The molecule has 1 aromatic carbocycles. The summed E-state index contributed by atoms with van der Waals surface area (Å²) in [6, 6.07) is 5.75. The number of aromatic nitrogens is 1. The molecule has 0 saturated heterocycles. The number of hydrogen-bond acceptors (Lipinski definition) is 3. The summed E-state index contributed by atoms with van der Waals surface area (Å²) in [5.74, 6) is 1.73. The largest absolute Gasteiger partial charge is 0.488 e. The van der Waals surface area contributed by atoms with Crippen LogP contribution in [0.2, 0.25) is 5.02 Å². The number of aromatic amines is 1. The summed E-state index contributed by atoms with van der Waals surface area (Å²) in [6.07, 6.45) is 6.29. The molecule has 116 valence electrons. The van der Waals surface area contributed by atoms with Crippen LogP contribution in [0.5, 0.6) is 5.75 Å². The second-order valence-corrected chi connectivity index (χ2v) is 7.00. The van der Waals surface area contributed by atoms with Crippen LogP contribution in [0.25, 0.3) is 10.8 Å². The van der Waals surface area contributed by atoms with E-state index in [-0.39, 0.29) is 11.7 Å². The maximum Gasteiger partial charge on any atom is 0.255 e. The van der Waals surface area contributed by atoms with E-state index < -0.39 is 0 Å². The van der Waals surface area contributed by atoms with E-state index in [0.717, 1.165) is 18.2 Å². The Labute approximate surface area is 133 Å². The van der Waals surface area contributed by atoms with E-state index >= 15 is 0 Å². The Hall–Kier alpha value is -1.52. The molecule has 4 nitrogen and oxygen atoms in total. The van der Waals surface area contributed by atoms with Crippen LogP contribution in [-0.4, -0.2) is 17.1 Å². The van der Waals surface area contributed by atoms with Crippen molar-refractivity contribution in [2.45, 2.75) is 37.8 Å². The van der Waals surface area contributed by atoms with Gasteiger partial charge in [0.05, 0.1) is 5.02 Å². The molecule has 4 rings (SSSR count). The number of H-pyrrole nitrogens is 1. The molecular formula is C17H19ClN2O2. The molecule has 0 amide bonds. The summed E-state index contributed by atoms with van der Waals surface area (Å²) in [6.45, 7) is 0. The average Bonchev–Trinajstić information content (AvgIpc) is 2.72. The normalized spacial score (nSPS) is 30.6. The highest BCUT2D eigenvalue weighted by molar-refractivity contribution is 6.32. The number of pyridine rings is 1. The molecular weight excluding hydrogens is 300 g/mol. The van der Waals surface area contributed by atoms with Crippen molar-refractivity contribution in [2.24, 2.45) is 17.6 Å². The number of fused-ring (bicyclic) bond motifs is 3. The van der Waals surface area contributed by atoms with Crippen LogP contribution >= 0.6 is 11.6 Å². The number of rotatable bonds is 2. The van der Waals surface area contributed by atoms with Crippen molar-refractivity contribution in [3.8, 4) is 5.75 Å². The maximum absolute atomic E-state index is 11.8. The summed E-state index contributed by atoms with van der Waals surface area (Å²) >= 11 is 6.34. The van der Waals surface area contributed by atoms with Gasteiger partial charge in [0, 0.05) is 17.6 Å². The summed E-state index contributed by atoms with van der Waals surface area (Å²) in [5, 5.41) is 1.94. The molecule has 2 fully saturated rings. The Morgan fingerprint density at radius 3 is 2.68 bits per heavy atom. The number of benzene rings is 1. The second kappa shape index (κ2) is 5.28. The minimum atomic E-state index is -0.130. The number of hydrogen-bond donors (Lipinski definition) is 2. The van der Waals surface area contributed by atoms with Crippen molar-refractivity contribution in [1.29, 1.82) is 0 Å². The molecule has 1 heterocycles. The Morgan fingerprint density at radius 1 is 1.23 bits per heavy atom. The van der Waals surface area contributed by atoms with Crippen LogP contribution in [0.15, 0.2) is 29.2 Å². The predicted molar refractivity (Wildman–Crippen MR) is 87.4 cm³/mol. The molecule has 4 atom stereocenters. The third kappa shape index (κ3) is 2.31. The van der Waals surface area contributed by atoms with Gasteiger partial charge >= 0.3 is 0 Å². The zero-order valence-corrected chi connectivity index (χ0v) is 13.0. The van der Waals surface area contributed by atoms with E-state index in [0.29, 0.717) is 34.0 Å². The van der Waals surface area contributed by atoms with E-state index in [4.69, 9.17) is 22.1 Å². The molecule has 2 aromatic rings. The van der Waals surface area contributed by atoms with Crippen molar-refractivity contribution >= 4 is 22.4 Å². The molecule has 5 heteroatoms. The molecule has 2 aliphatic carbocycles. The Balaban J connectivity index is 1.67. The van der Waals surface area contributed by atoms with Crippen LogP contribution in [0.3, 0.4) is 0 Å². The monoisotopic (exact) mass is 318 g/mol. The average molecular weight is 319 g/mol. The van der Waals surface area contributed by atoms with Crippen LogP contribution in [0.4, 0.5) is 0 Å². The Bertz CT molecular complexity index is 759. The number of ether oxygens (including phenoxy) is 1. The first-order valence-electron chi connectivity index (χ1n) is 7.85. The predicted octanol–water partition coefficient (Wildman–Crippen LogP) is 3.08. The highest BCUT2D eigenvalue weighted by atomic mass is 35.5. The van der Waals surface area contributed by atoms with E-state index in [1.807, 2.05) is 12.1 Å². The van der Waals surface area contributed by atoms with Gasteiger partial charge in [0.15, 0.2) is 0 Å². The summed E-state index contributed by atoms with van der Waals surface area (Å²) in [5.41, 5.74) is 5.98. The van der Waals surface area contributed by atoms with Gasteiger partial charge in [0.1, 0.15) is 11.9 Å². The van der Waals surface area contributed by atoms with Crippen LogP contribution in [0, 0.1) is 11.8 Å². The molecule has 2 bridgehead atoms. The minimum Gasteiger partial charge on any atom is -0.488 e. The Kier molecular flexibility index (Phi) is 3.39. The van der Waals surface area contributed by atoms with Gasteiger partial charge in [0.2, 0.25) is 0 Å². The standard InChI is InChI=1S/C17H19ClN2O2/c18-14-8-13-9(3-4-20-17(13)21)7-15(14)22-16-10-1-2-11(16)6-12(19)5-10/h3-4,7-8,10-12,16H,1-2,5-6,19H2,(H,20,21)/t10-,11+,12+,16?. The summed E-state index contributed by atoms with van der Waals surface area (Å²) in [4.78, 5) is 14.5. The quantitative estimate of drug-likeness (QED) is 0.894. The highest BCUT2D eigenvalue weighted by Gasteiger charge is 2.43. The van der Waals surface area contributed by atoms with Crippen molar-refractivity contribution < 1.29 is 4.74 Å². The van der Waals surface area contributed by atoms with Crippen molar-refractivity contribution in [1.82, 2.24) is 4.98 Å². The zero-order valence-electron chi connectivity index (χ0n) is 12.2. The molecule has 1 aromatic heterocycles. The number of nitrogens with one attached hydrogen (secondary N) is 1. The third-order valence-corrected chi connectivity index (χ3v) is 5.43. The van der Waals surface area contributed by atoms with Crippen LogP contribution < -0.4 is 16.0 Å². The molecule has 0 aliphatic heterocycles. The van der Waals surface area contributed by atoms with E-state index in [1.165, 1.54) is 12.8 Å². The lowest BCUT2D eigenvalue weighted by atomic mass is 9.83. The van der Waals surface area contributed by atoms with Gasteiger partial charge < -0.3 is 15.5 Å². The van der Waals surface area contributed by atoms with Crippen molar-refractivity contribution in [3.63, 3.8) is 0 Å². The van der Waals surface area contributed by atoms with Crippen LogP contribution in [0.1, 0.15) is 25.7 Å². The van der Waals surface area contributed by atoms with Crippen LogP contribution in [-0.2, 0) is 0 Å². The van der Waals surface area contributed by atoms with Gasteiger partial charge in [-0.15, -0.1) is 0 Å². The first-order chi connectivity index (χ1) is 10.6. The number of nitrogens with two attached hydrogens (primary N) is 1. The molecule has 0 spiro atoms. The number of halogens is 1. The first-order valence-corrected chi connectivity index (χ1v) is 8.23. The SMILES string of the molecule is N[C@H]1C[C@H]2CC[C@@H](C1)C2Oc1cc2cc[nH]c(=O)c2cc1Cl. The van der Waals surface area contributed by atoms with E-state index in [9.17, 15) is 4.79 Å². The molecule has 22 heavy (non-hydrogen) atoms. The smallest absolute Gasteiger partial charge is 0.255 e. The van der Waals surface area contributed by atoms with Gasteiger partial charge in [-0.3, -0.25) is 4.79 Å². The van der Waals surface area contributed by atoms with Crippen molar-refractivity contribution in [3.05, 3.63) is 39.8 Å². The lowest BCUT2D eigenvalue weighted by Crippen LogP contribution is -2.40. The first kappa shape index (κ1) is 14.1. The topological polar surface area (TPSA) is 68.1 Å². The van der Waals surface area contributed by atoms with E-state index in [2.05, 4.69) is 4.98 Å². The molecule has 2 saturated carbocycles. The van der Waals surface area contributed by atoms with Gasteiger partial charge in [-0.25, -0.2) is 0 Å². The lowest BCUT2D eigenvalue weighted by Gasteiger charge is -2.34. The van der Waals surface area contributed by atoms with Crippen molar-refractivity contribution in [2.75, 3.05) is 0 Å². The fourth-order valence-electron chi connectivity index (χ4n) is 4.14. The van der Waals surface area contributed by atoms with Gasteiger partial charge in [0.25, 0.3) is 5.56 Å². The molecule has 1 unspecified atom stereocenters. The van der Waals surface area contributed by atoms with E-state index in [1.54, 1.807) is 12.3 Å². The van der Waals surface area contributed by atoms with Gasteiger partial charge in [-0.05, 0) is 61.1 Å². The molecule has 0 radical (unpaired) electrons.